The van der Waals surface area contributed by atoms with Crippen molar-refractivity contribution in [2.75, 3.05) is 0 Å². The van der Waals surface area contributed by atoms with E-state index in [0.717, 1.165) is 10.5 Å². The highest BCUT2D eigenvalue weighted by molar-refractivity contribution is 7.98. The first kappa shape index (κ1) is 13.6. The average Bonchev–Trinajstić information content (AvgIpc) is 2.46. The lowest BCUT2D eigenvalue weighted by molar-refractivity contribution is 0.617. The number of hydrogen-bond acceptors (Lipinski definition) is 3. The van der Waals surface area contributed by atoms with Crippen LogP contribution < -0.4 is 5.73 Å². The molecule has 2 nitrogen and oxygen atoms in total. The lowest BCUT2D eigenvalue weighted by Crippen LogP contribution is -1.95. The largest absolute Gasteiger partial charge is 0.326 e. The van der Waals surface area contributed by atoms with Crippen LogP contribution in [0.15, 0.2) is 47.4 Å². The molecule has 0 aromatic heterocycles. The maximum absolute atomic E-state index is 13.7. The van der Waals surface area contributed by atoms with Crippen molar-refractivity contribution in [1.29, 1.82) is 5.26 Å². The third kappa shape index (κ3) is 3.57. The lowest BCUT2D eigenvalue weighted by Gasteiger charge is -2.05. The quantitative estimate of drug-likeness (QED) is 0.867. The molecule has 0 unspecified atom stereocenters. The number of halogens is 1. The monoisotopic (exact) mass is 272 g/mol. The third-order valence-electron chi connectivity index (χ3n) is 2.71. The molecule has 0 saturated heterocycles. The number of nitrogens with zero attached hydrogens (tertiary/aromatic N) is 1. The van der Waals surface area contributed by atoms with Crippen molar-refractivity contribution in [1.82, 2.24) is 0 Å². The summed E-state index contributed by atoms with van der Waals surface area (Å²) in [5.41, 5.74) is 7.59. The fourth-order valence-electron chi connectivity index (χ4n) is 1.66. The molecule has 0 bridgehead atoms. The van der Waals surface area contributed by atoms with Gasteiger partial charge in [0, 0.05) is 17.2 Å². The molecule has 19 heavy (non-hydrogen) atoms. The van der Waals surface area contributed by atoms with E-state index >= 15 is 0 Å². The predicted octanol–water partition coefficient (Wildman–Crippen LogP) is 3.45. The molecule has 0 fully saturated rings. The van der Waals surface area contributed by atoms with E-state index in [1.54, 1.807) is 23.9 Å². The summed E-state index contributed by atoms with van der Waals surface area (Å²) in [5.74, 6) is 0.201. The zero-order chi connectivity index (χ0) is 13.7. The summed E-state index contributed by atoms with van der Waals surface area (Å²) in [5, 5.41) is 8.68. The molecule has 0 heterocycles. The van der Waals surface area contributed by atoms with Crippen molar-refractivity contribution in [2.24, 2.45) is 5.73 Å². The van der Waals surface area contributed by atoms with Crippen LogP contribution in [0.1, 0.15) is 16.7 Å². The Kier molecular flexibility index (Phi) is 4.56. The molecule has 0 saturated carbocycles. The number of nitriles is 1. The molecule has 4 heteroatoms. The van der Waals surface area contributed by atoms with Crippen LogP contribution in [0.2, 0.25) is 0 Å². The van der Waals surface area contributed by atoms with Gasteiger partial charge in [0.05, 0.1) is 11.6 Å². The first-order chi connectivity index (χ1) is 9.22. The predicted molar refractivity (Wildman–Crippen MR) is 75.0 cm³/mol. The second-order valence-electron chi connectivity index (χ2n) is 4.06. The SMILES string of the molecule is N#Cc1ccc(CSc2cccc(CN)c2)c(F)c1. The molecular weight excluding hydrogens is 259 g/mol. The van der Waals surface area contributed by atoms with Gasteiger partial charge in [-0.1, -0.05) is 18.2 Å². The van der Waals surface area contributed by atoms with Crippen molar-refractivity contribution in [3.8, 4) is 6.07 Å². The van der Waals surface area contributed by atoms with Crippen LogP contribution in [0.5, 0.6) is 0 Å². The number of thioether (sulfide) groups is 1. The van der Waals surface area contributed by atoms with Gasteiger partial charge in [-0.25, -0.2) is 4.39 Å². The number of hydrogen-bond donors (Lipinski definition) is 1. The van der Waals surface area contributed by atoms with E-state index in [4.69, 9.17) is 11.0 Å². The van der Waals surface area contributed by atoms with Crippen LogP contribution in [-0.2, 0) is 12.3 Å². The smallest absolute Gasteiger partial charge is 0.128 e. The van der Waals surface area contributed by atoms with Crippen LogP contribution in [0.4, 0.5) is 4.39 Å². The fraction of sp³-hybridized carbons (Fsp3) is 0.133. The summed E-state index contributed by atoms with van der Waals surface area (Å²) < 4.78 is 13.7. The van der Waals surface area contributed by atoms with Gasteiger partial charge in [-0.2, -0.15) is 5.26 Å². The van der Waals surface area contributed by atoms with Gasteiger partial charge in [-0.3, -0.25) is 0 Å². The first-order valence-corrected chi connectivity index (χ1v) is 6.82. The number of benzene rings is 2. The highest BCUT2D eigenvalue weighted by atomic mass is 32.2. The summed E-state index contributed by atoms with van der Waals surface area (Å²) in [6, 6.07) is 14.4. The van der Waals surface area contributed by atoms with E-state index < -0.39 is 0 Å². The molecule has 2 rings (SSSR count). The minimum atomic E-state index is -0.332. The highest BCUT2D eigenvalue weighted by Gasteiger charge is 2.04. The molecule has 0 aliphatic carbocycles. The van der Waals surface area contributed by atoms with Crippen LogP contribution >= 0.6 is 11.8 Å². The van der Waals surface area contributed by atoms with Gasteiger partial charge in [-0.05, 0) is 35.4 Å². The van der Waals surface area contributed by atoms with Crippen molar-refractivity contribution in [3.63, 3.8) is 0 Å². The van der Waals surface area contributed by atoms with Crippen molar-refractivity contribution >= 4 is 11.8 Å². The van der Waals surface area contributed by atoms with Crippen molar-refractivity contribution in [2.45, 2.75) is 17.2 Å². The summed E-state index contributed by atoms with van der Waals surface area (Å²) in [7, 11) is 0. The molecule has 0 amide bonds. The van der Waals surface area contributed by atoms with E-state index in [2.05, 4.69) is 0 Å². The lowest BCUT2D eigenvalue weighted by atomic mass is 10.1. The molecule has 0 spiro atoms. The van der Waals surface area contributed by atoms with Crippen molar-refractivity contribution in [3.05, 3.63) is 65.0 Å². The van der Waals surface area contributed by atoms with Crippen LogP contribution in [0.3, 0.4) is 0 Å². The number of nitrogens with two attached hydrogens (primary N) is 1. The molecule has 0 radical (unpaired) electrons. The van der Waals surface area contributed by atoms with Crippen LogP contribution in [-0.4, -0.2) is 0 Å². The molecule has 0 aliphatic rings. The molecule has 2 aromatic carbocycles. The number of rotatable bonds is 4. The van der Waals surface area contributed by atoms with Gasteiger partial charge in [0.2, 0.25) is 0 Å². The van der Waals surface area contributed by atoms with Crippen LogP contribution in [0, 0.1) is 17.1 Å². The maximum Gasteiger partial charge on any atom is 0.128 e. The summed E-state index contributed by atoms with van der Waals surface area (Å²) in [4.78, 5) is 1.06. The highest BCUT2D eigenvalue weighted by Crippen LogP contribution is 2.25. The van der Waals surface area contributed by atoms with Crippen LogP contribution in [0.25, 0.3) is 0 Å². The molecule has 0 aliphatic heterocycles. The summed E-state index contributed by atoms with van der Waals surface area (Å²) >= 11 is 1.55. The van der Waals surface area contributed by atoms with E-state index in [1.807, 2.05) is 30.3 Å². The Morgan fingerprint density at radius 2 is 2.05 bits per heavy atom. The van der Waals surface area contributed by atoms with E-state index in [0.29, 0.717) is 23.4 Å². The van der Waals surface area contributed by atoms with Gasteiger partial charge in [0.25, 0.3) is 0 Å². The second kappa shape index (κ2) is 6.37. The Balaban J connectivity index is 2.08. The average molecular weight is 272 g/mol. The Labute approximate surface area is 116 Å². The molecule has 2 N–H and O–H groups in total. The third-order valence-corrected chi connectivity index (χ3v) is 3.75. The van der Waals surface area contributed by atoms with Gasteiger partial charge in [0.1, 0.15) is 5.82 Å². The normalized spacial score (nSPS) is 10.2. The standard InChI is InChI=1S/C15H13FN2S/c16-15-7-12(9-18)4-5-13(15)10-19-14-3-1-2-11(6-14)8-17/h1-7H,8,10,17H2. The minimum Gasteiger partial charge on any atom is -0.326 e. The molecule has 2 aromatic rings. The molecular formula is C15H13FN2S. The minimum absolute atomic E-state index is 0.332. The van der Waals surface area contributed by atoms with Crippen molar-refractivity contribution < 1.29 is 4.39 Å². The zero-order valence-corrected chi connectivity index (χ0v) is 11.1. The topological polar surface area (TPSA) is 49.8 Å². The zero-order valence-electron chi connectivity index (χ0n) is 10.3. The second-order valence-corrected chi connectivity index (χ2v) is 5.11. The molecule has 96 valence electrons. The summed E-state index contributed by atoms with van der Waals surface area (Å²) in [6.45, 7) is 0.500. The Morgan fingerprint density at radius 1 is 1.21 bits per heavy atom. The first-order valence-electron chi connectivity index (χ1n) is 5.83. The van der Waals surface area contributed by atoms with E-state index in [-0.39, 0.29) is 5.82 Å². The van der Waals surface area contributed by atoms with E-state index in [1.165, 1.54) is 6.07 Å². The Bertz CT molecular complexity index is 620. The van der Waals surface area contributed by atoms with Gasteiger partial charge in [-0.15, -0.1) is 11.8 Å². The van der Waals surface area contributed by atoms with Gasteiger partial charge < -0.3 is 5.73 Å². The Morgan fingerprint density at radius 3 is 2.74 bits per heavy atom. The van der Waals surface area contributed by atoms with Gasteiger partial charge >= 0.3 is 0 Å². The fourth-order valence-corrected chi connectivity index (χ4v) is 2.62. The molecule has 0 atom stereocenters. The maximum atomic E-state index is 13.7. The van der Waals surface area contributed by atoms with Gasteiger partial charge in [0.15, 0.2) is 0 Å². The van der Waals surface area contributed by atoms with E-state index in [9.17, 15) is 4.39 Å². The Hall–Kier alpha value is -1.83. The summed E-state index contributed by atoms with van der Waals surface area (Å²) in [6.07, 6.45) is 0.